The van der Waals surface area contributed by atoms with Crippen molar-refractivity contribution in [2.45, 2.75) is 11.9 Å². The normalized spacial score (nSPS) is 16.0. The second-order valence-electron chi connectivity index (χ2n) is 6.56. The third-order valence-corrected chi connectivity index (χ3v) is 7.06. The van der Waals surface area contributed by atoms with E-state index in [2.05, 4.69) is 5.32 Å². The van der Waals surface area contributed by atoms with Crippen molar-refractivity contribution < 1.29 is 22.3 Å². The lowest BCUT2D eigenvalue weighted by Crippen LogP contribution is -2.50. The topological polar surface area (TPSA) is 75.7 Å². The average Bonchev–Trinajstić information content (AvgIpc) is 2.68. The van der Waals surface area contributed by atoms with Crippen LogP contribution >= 0.6 is 35.0 Å². The molecule has 2 aromatic carbocycles. The second-order valence-corrected chi connectivity index (χ2v) is 10.4. The SMILES string of the molecule is CS(=O)(=O)N1C[C@@H](C(=O)NCCSCc2c(F)cccc2Cl)Oc2ccc(Cl)cc21. The molecule has 1 atom stereocenters. The minimum absolute atomic E-state index is 0.157. The summed E-state index contributed by atoms with van der Waals surface area (Å²) < 4.78 is 44.9. The van der Waals surface area contributed by atoms with Gasteiger partial charge in [-0.3, -0.25) is 9.10 Å². The van der Waals surface area contributed by atoms with Crippen LogP contribution < -0.4 is 14.4 Å². The highest BCUT2D eigenvalue weighted by molar-refractivity contribution is 7.98. The lowest BCUT2D eigenvalue weighted by molar-refractivity contribution is -0.127. The summed E-state index contributed by atoms with van der Waals surface area (Å²) in [5.41, 5.74) is 0.719. The van der Waals surface area contributed by atoms with Gasteiger partial charge in [0.25, 0.3) is 5.91 Å². The van der Waals surface area contributed by atoms with Gasteiger partial charge in [-0.05, 0) is 30.3 Å². The van der Waals surface area contributed by atoms with E-state index >= 15 is 0 Å². The van der Waals surface area contributed by atoms with Gasteiger partial charge in [0.05, 0.1) is 18.5 Å². The fourth-order valence-electron chi connectivity index (χ4n) is 2.88. The van der Waals surface area contributed by atoms with Crippen molar-refractivity contribution in [1.29, 1.82) is 0 Å². The molecule has 162 valence electrons. The van der Waals surface area contributed by atoms with E-state index < -0.39 is 22.0 Å². The highest BCUT2D eigenvalue weighted by atomic mass is 35.5. The van der Waals surface area contributed by atoms with Crippen molar-refractivity contribution >= 4 is 56.6 Å². The number of carbonyl (C=O) groups excluding carboxylic acids is 1. The summed E-state index contributed by atoms with van der Waals surface area (Å²) in [5.74, 6) is 0.352. The number of carbonyl (C=O) groups is 1. The maximum Gasteiger partial charge on any atom is 0.263 e. The fraction of sp³-hybridized carbons (Fsp3) is 0.316. The summed E-state index contributed by atoms with van der Waals surface area (Å²) in [7, 11) is -3.63. The van der Waals surface area contributed by atoms with Gasteiger partial charge in [0.2, 0.25) is 10.0 Å². The van der Waals surface area contributed by atoms with Crippen LogP contribution in [0.15, 0.2) is 36.4 Å². The molecule has 0 bridgehead atoms. The van der Waals surface area contributed by atoms with Crippen LogP contribution in [0.1, 0.15) is 5.56 Å². The van der Waals surface area contributed by atoms with Crippen molar-refractivity contribution in [3.8, 4) is 5.75 Å². The molecule has 11 heteroatoms. The molecule has 1 aliphatic rings. The number of benzene rings is 2. The number of fused-ring (bicyclic) bond motifs is 1. The smallest absolute Gasteiger partial charge is 0.263 e. The van der Waals surface area contributed by atoms with Crippen molar-refractivity contribution in [3.63, 3.8) is 0 Å². The molecule has 0 aromatic heterocycles. The van der Waals surface area contributed by atoms with Crippen molar-refractivity contribution in [2.75, 3.05) is 29.4 Å². The van der Waals surface area contributed by atoms with E-state index in [0.29, 0.717) is 39.3 Å². The van der Waals surface area contributed by atoms with Crippen LogP contribution in [0.3, 0.4) is 0 Å². The fourth-order valence-corrected chi connectivity index (χ4v) is 5.15. The van der Waals surface area contributed by atoms with Gasteiger partial charge >= 0.3 is 0 Å². The average molecular weight is 493 g/mol. The van der Waals surface area contributed by atoms with Crippen LogP contribution in [-0.2, 0) is 20.6 Å². The van der Waals surface area contributed by atoms with Gasteiger partial charge in [-0.15, -0.1) is 0 Å². The number of halogens is 3. The minimum Gasteiger partial charge on any atom is -0.476 e. The molecule has 6 nitrogen and oxygen atoms in total. The molecule has 0 fully saturated rings. The number of amides is 1. The number of nitrogens with one attached hydrogen (secondary N) is 1. The van der Waals surface area contributed by atoms with Crippen LogP contribution in [0.5, 0.6) is 5.75 Å². The second kappa shape index (κ2) is 9.64. The number of anilines is 1. The summed E-state index contributed by atoms with van der Waals surface area (Å²) in [6.07, 6.45) is 0.0574. The van der Waals surface area contributed by atoms with Gasteiger partial charge in [0.15, 0.2) is 6.10 Å². The van der Waals surface area contributed by atoms with Crippen LogP contribution in [0.25, 0.3) is 0 Å². The van der Waals surface area contributed by atoms with E-state index in [1.165, 1.54) is 30.0 Å². The molecular weight excluding hydrogens is 474 g/mol. The summed E-state index contributed by atoms with van der Waals surface area (Å²) in [4.78, 5) is 12.5. The predicted octanol–water partition coefficient (Wildman–Crippen LogP) is 3.71. The first-order valence-electron chi connectivity index (χ1n) is 8.89. The van der Waals surface area contributed by atoms with E-state index in [-0.39, 0.29) is 18.1 Å². The van der Waals surface area contributed by atoms with E-state index in [0.717, 1.165) is 10.6 Å². The summed E-state index contributed by atoms with van der Waals surface area (Å²) in [5, 5.41) is 3.45. The summed E-state index contributed by atoms with van der Waals surface area (Å²) >= 11 is 13.4. The number of hydrogen-bond donors (Lipinski definition) is 1. The first-order chi connectivity index (χ1) is 14.2. The van der Waals surface area contributed by atoms with E-state index in [1.807, 2.05) is 0 Å². The number of sulfonamides is 1. The zero-order valence-corrected chi connectivity index (χ0v) is 19.0. The Hall–Kier alpha value is -1.68. The number of nitrogens with zero attached hydrogens (tertiary/aromatic N) is 1. The molecule has 1 heterocycles. The Bertz CT molecular complexity index is 1030. The number of rotatable bonds is 7. The van der Waals surface area contributed by atoms with Gasteiger partial charge in [-0.1, -0.05) is 29.3 Å². The molecule has 0 spiro atoms. The monoisotopic (exact) mass is 492 g/mol. The van der Waals surface area contributed by atoms with E-state index in [4.69, 9.17) is 27.9 Å². The molecule has 0 unspecified atom stereocenters. The Labute approximate surface area is 188 Å². The lowest BCUT2D eigenvalue weighted by Gasteiger charge is -2.34. The molecule has 0 saturated carbocycles. The van der Waals surface area contributed by atoms with Crippen LogP contribution in [0.4, 0.5) is 10.1 Å². The molecule has 1 N–H and O–H groups in total. The zero-order valence-electron chi connectivity index (χ0n) is 15.9. The number of thioether (sulfide) groups is 1. The molecule has 3 rings (SSSR count). The van der Waals surface area contributed by atoms with Crippen LogP contribution in [0, 0.1) is 5.82 Å². The first-order valence-corrected chi connectivity index (χ1v) is 12.6. The van der Waals surface area contributed by atoms with Gasteiger partial charge in [0, 0.05) is 33.7 Å². The highest BCUT2D eigenvalue weighted by Gasteiger charge is 2.35. The number of hydrogen-bond acceptors (Lipinski definition) is 5. The quantitative estimate of drug-likeness (QED) is 0.596. The Kier molecular flexibility index (Phi) is 7.38. The molecule has 0 aliphatic carbocycles. The molecule has 1 aliphatic heterocycles. The largest absolute Gasteiger partial charge is 0.476 e. The van der Waals surface area contributed by atoms with Gasteiger partial charge in [0.1, 0.15) is 11.6 Å². The molecule has 0 radical (unpaired) electrons. The van der Waals surface area contributed by atoms with E-state index in [9.17, 15) is 17.6 Å². The van der Waals surface area contributed by atoms with Crippen molar-refractivity contribution in [2.24, 2.45) is 0 Å². The van der Waals surface area contributed by atoms with Crippen LogP contribution in [0.2, 0.25) is 10.0 Å². The Morgan fingerprint density at radius 1 is 1.33 bits per heavy atom. The minimum atomic E-state index is -3.63. The summed E-state index contributed by atoms with van der Waals surface area (Å²) in [6.45, 7) is 0.151. The first kappa shape index (κ1) is 23.0. The molecule has 30 heavy (non-hydrogen) atoms. The Morgan fingerprint density at radius 3 is 2.80 bits per heavy atom. The maximum absolute atomic E-state index is 13.8. The highest BCUT2D eigenvalue weighted by Crippen LogP contribution is 2.37. The van der Waals surface area contributed by atoms with Crippen LogP contribution in [-0.4, -0.2) is 45.5 Å². The summed E-state index contributed by atoms with van der Waals surface area (Å²) in [6, 6.07) is 9.09. The van der Waals surface area contributed by atoms with E-state index in [1.54, 1.807) is 18.2 Å². The molecule has 0 saturated heterocycles. The van der Waals surface area contributed by atoms with Crippen molar-refractivity contribution in [3.05, 3.63) is 57.8 Å². The Morgan fingerprint density at radius 2 is 2.10 bits per heavy atom. The standard InChI is InChI=1S/C19H19Cl2FN2O4S2/c1-30(26,27)24-10-18(28-17-6-5-12(20)9-16(17)24)19(25)23-7-8-29-11-13-14(21)3-2-4-15(13)22/h2-6,9,18H,7-8,10-11H2,1H3,(H,23,25)/t18-/m0/s1. The zero-order chi connectivity index (χ0) is 21.9. The van der Waals surface area contributed by atoms with Gasteiger partial charge in [-0.25, -0.2) is 12.8 Å². The molecule has 1 amide bonds. The maximum atomic E-state index is 13.8. The molecular formula is C19H19Cl2FN2O4S2. The predicted molar refractivity (Wildman–Crippen MR) is 119 cm³/mol. The number of ether oxygens (including phenoxy) is 1. The van der Waals surface area contributed by atoms with Crippen molar-refractivity contribution in [1.82, 2.24) is 5.32 Å². The lowest BCUT2D eigenvalue weighted by atomic mass is 10.2. The molecule has 2 aromatic rings. The third kappa shape index (κ3) is 5.51. The Balaban J connectivity index is 1.56. The third-order valence-electron chi connectivity index (χ3n) is 4.34. The van der Waals surface area contributed by atoms with Gasteiger partial charge in [-0.2, -0.15) is 11.8 Å². The van der Waals surface area contributed by atoms with Gasteiger partial charge < -0.3 is 10.1 Å².